The van der Waals surface area contributed by atoms with E-state index in [0.29, 0.717) is 0 Å². The lowest BCUT2D eigenvalue weighted by atomic mass is 10.3. The van der Waals surface area contributed by atoms with Crippen LogP contribution in [0.25, 0.3) is 0 Å². The Labute approximate surface area is 90.2 Å². The van der Waals surface area contributed by atoms with E-state index in [-0.39, 0.29) is 11.5 Å². The van der Waals surface area contributed by atoms with Crippen LogP contribution in [0.4, 0.5) is 0 Å². The molecule has 0 spiro atoms. The van der Waals surface area contributed by atoms with Gasteiger partial charge in [0.05, 0.1) is 8.07 Å². The Morgan fingerprint density at radius 1 is 1.14 bits per heavy atom. The third kappa shape index (κ3) is 4.95. The zero-order chi connectivity index (χ0) is 11.6. The SMILES string of the molecule is CCC(C(=O)O[Si](C)(C)C)[Si](C)(C)C. The predicted molar refractivity (Wildman–Crippen MR) is 66.8 cm³/mol. The van der Waals surface area contributed by atoms with E-state index in [1.54, 1.807) is 0 Å². The minimum absolute atomic E-state index is 0.0471. The molecule has 0 amide bonds. The molecular weight excluding hydrogens is 208 g/mol. The summed E-state index contributed by atoms with van der Waals surface area (Å²) in [4.78, 5) is 11.9. The zero-order valence-electron chi connectivity index (χ0n) is 10.6. The maximum atomic E-state index is 11.9. The topological polar surface area (TPSA) is 26.3 Å². The predicted octanol–water partition coefficient (Wildman–Crippen LogP) is 3.48. The molecule has 2 nitrogen and oxygen atoms in total. The number of carbonyl (C=O) groups is 1. The molecule has 0 bridgehead atoms. The van der Waals surface area contributed by atoms with Crippen LogP contribution in [0, 0.1) is 0 Å². The molecule has 84 valence electrons. The Kier molecular flexibility index (Phi) is 4.58. The fourth-order valence-electron chi connectivity index (χ4n) is 1.51. The number of carbonyl (C=O) groups excluding carboxylic acids is 1. The summed E-state index contributed by atoms with van der Waals surface area (Å²) >= 11 is 0. The van der Waals surface area contributed by atoms with Crippen molar-refractivity contribution in [1.82, 2.24) is 0 Å². The molecule has 0 rings (SSSR count). The molecule has 0 radical (unpaired) electrons. The molecule has 0 saturated carbocycles. The van der Waals surface area contributed by atoms with Crippen LogP contribution in [0.1, 0.15) is 13.3 Å². The highest BCUT2D eigenvalue weighted by Crippen LogP contribution is 2.27. The fourth-order valence-corrected chi connectivity index (χ4v) is 4.36. The molecule has 1 unspecified atom stereocenters. The lowest BCUT2D eigenvalue weighted by molar-refractivity contribution is -0.135. The van der Waals surface area contributed by atoms with Crippen molar-refractivity contribution in [2.24, 2.45) is 0 Å². The Morgan fingerprint density at radius 2 is 1.57 bits per heavy atom. The fraction of sp³-hybridized carbons (Fsp3) is 0.900. The summed E-state index contributed by atoms with van der Waals surface area (Å²) in [5.74, 6) is 0.0471. The molecule has 1 atom stereocenters. The van der Waals surface area contributed by atoms with Gasteiger partial charge in [-0.1, -0.05) is 26.6 Å². The molecule has 0 N–H and O–H groups in total. The standard InChI is InChI=1S/C10H24O2Si2/c1-8-9(13(2,3)4)10(11)12-14(5,6)7/h9H,8H2,1-7H3. The molecule has 14 heavy (non-hydrogen) atoms. The number of hydrogen-bond acceptors (Lipinski definition) is 2. The van der Waals surface area contributed by atoms with E-state index in [0.717, 1.165) is 6.42 Å². The van der Waals surface area contributed by atoms with Gasteiger partial charge in [0.25, 0.3) is 5.97 Å². The summed E-state index contributed by atoms with van der Waals surface area (Å²) in [5.41, 5.74) is 0.161. The maximum absolute atomic E-state index is 11.9. The van der Waals surface area contributed by atoms with Gasteiger partial charge in [-0.15, -0.1) is 0 Å². The Balaban J connectivity index is 4.50. The van der Waals surface area contributed by atoms with Gasteiger partial charge in [0.2, 0.25) is 8.32 Å². The smallest absolute Gasteiger partial charge is 0.292 e. The second-order valence-corrected chi connectivity index (χ2v) is 15.7. The molecule has 0 aromatic carbocycles. The third-order valence-corrected chi connectivity index (χ3v) is 5.69. The highest BCUT2D eigenvalue weighted by atomic mass is 28.4. The van der Waals surface area contributed by atoms with Crippen LogP contribution < -0.4 is 0 Å². The summed E-state index contributed by atoms with van der Waals surface area (Å²) in [6.07, 6.45) is 0.916. The Morgan fingerprint density at radius 3 is 1.79 bits per heavy atom. The van der Waals surface area contributed by atoms with Crippen molar-refractivity contribution in [2.45, 2.75) is 58.2 Å². The molecule has 0 saturated heterocycles. The van der Waals surface area contributed by atoms with Crippen molar-refractivity contribution in [2.75, 3.05) is 0 Å². The van der Waals surface area contributed by atoms with Gasteiger partial charge in [-0.25, -0.2) is 0 Å². The van der Waals surface area contributed by atoms with E-state index in [2.05, 4.69) is 46.2 Å². The van der Waals surface area contributed by atoms with Crippen LogP contribution in [-0.2, 0) is 9.22 Å². The second-order valence-electron chi connectivity index (χ2n) is 5.86. The van der Waals surface area contributed by atoms with Gasteiger partial charge in [-0.2, -0.15) is 0 Å². The van der Waals surface area contributed by atoms with Crippen molar-refractivity contribution in [1.29, 1.82) is 0 Å². The Bertz CT molecular complexity index is 201. The van der Waals surface area contributed by atoms with Gasteiger partial charge in [-0.05, 0) is 26.1 Å². The second kappa shape index (κ2) is 4.62. The Hall–Kier alpha value is -0.0962. The zero-order valence-corrected chi connectivity index (χ0v) is 12.6. The van der Waals surface area contributed by atoms with Crippen LogP contribution in [0.5, 0.6) is 0 Å². The monoisotopic (exact) mass is 232 g/mol. The largest absolute Gasteiger partial charge is 0.520 e. The lowest BCUT2D eigenvalue weighted by Crippen LogP contribution is -2.39. The van der Waals surface area contributed by atoms with E-state index < -0.39 is 16.4 Å². The van der Waals surface area contributed by atoms with Crippen molar-refractivity contribution in [3.05, 3.63) is 0 Å². The first-order valence-electron chi connectivity index (χ1n) is 5.31. The van der Waals surface area contributed by atoms with Gasteiger partial charge in [0.15, 0.2) is 0 Å². The molecule has 0 fully saturated rings. The average molecular weight is 232 g/mol. The van der Waals surface area contributed by atoms with Crippen molar-refractivity contribution in [3.8, 4) is 0 Å². The first-order chi connectivity index (χ1) is 6.08. The third-order valence-electron chi connectivity index (χ3n) is 2.14. The highest BCUT2D eigenvalue weighted by Gasteiger charge is 2.34. The van der Waals surface area contributed by atoms with Crippen LogP contribution in [0.2, 0.25) is 44.8 Å². The molecule has 0 aliphatic heterocycles. The van der Waals surface area contributed by atoms with Crippen LogP contribution in [0.15, 0.2) is 0 Å². The molecule has 0 heterocycles. The molecule has 0 aromatic heterocycles. The van der Waals surface area contributed by atoms with Crippen LogP contribution in [-0.4, -0.2) is 22.4 Å². The minimum atomic E-state index is -1.71. The maximum Gasteiger partial charge on any atom is 0.292 e. The summed E-state index contributed by atoms with van der Waals surface area (Å²) in [7, 11) is -3.11. The van der Waals surface area contributed by atoms with Gasteiger partial charge < -0.3 is 4.43 Å². The molecule has 0 aromatic rings. The average Bonchev–Trinajstić information content (AvgIpc) is 1.79. The quantitative estimate of drug-likeness (QED) is 0.694. The van der Waals surface area contributed by atoms with Crippen molar-refractivity contribution in [3.63, 3.8) is 0 Å². The first kappa shape index (κ1) is 13.9. The summed E-state index contributed by atoms with van der Waals surface area (Å²) in [6, 6.07) is 0. The minimum Gasteiger partial charge on any atom is -0.520 e. The summed E-state index contributed by atoms with van der Waals surface area (Å²) < 4.78 is 5.55. The normalized spacial score (nSPS) is 15.1. The first-order valence-corrected chi connectivity index (χ1v) is 12.3. The molecule has 0 aliphatic carbocycles. The van der Waals surface area contributed by atoms with E-state index in [9.17, 15) is 4.79 Å². The van der Waals surface area contributed by atoms with E-state index >= 15 is 0 Å². The highest BCUT2D eigenvalue weighted by molar-refractivity contribution is 6.81. The number of rotatable bonds is 4. The van der Waals surface area contributed by atoms with Crippen LogP contribution in [0.3, 0.4) is 0 Å². The number of hydrogen-bond donors (Lipinski definition) is 0. The van der Waals surface area contributed by atoms with E-state index in [1.807, 2.05) is 0 Å². The van der Waals surface area contributed by atoms with Gasteiger partial charge in [0.1, 0.15) is 0 Å². The van der Waals surface area contributed by atoms with Gasteiger partial charge >= 0.3 is 0 Å². The van der Waals surface area contributed by atoms with E-state index in [1.165, 1.54) is 0 Å². The van der Waals surface area contributed by atoms with E-state index in [4.69, 9.17) is 4.43 Å². The van der Waals surface area contributed by atoms with Gasteiger partial charge in [-0.3, -0.25) is 4.79 Å². The lowest BCUT2D eigenvalue weighted by Gasteiger charge is -2.29. The van der Waals surface area contributed by atoms with Gasteiger partial charge in [0, 0.05) is 5.54 Å². The summed E-state index contributed by atoms with van der Waals surface area (Å²) in [5, 5.41) is 0. The van der Waals surface area contributed by atoms with Crippen molar-refractivity contribution >= 4 is 22.4 Å². The molecule has 0 aliphatic rings. The van der Waals surface area contributed by atoms with Crippen molar-refractivity contribution < 1.29 is 9.22 Å². The van der Waals surface area contributed by atoms with Crippen LogP contribution >= 0.6 is 0 Å². The summed E-state index contributed by atoms with van der Waals surface area (Å²) in [6.45, 7) is 14.9. The molecule has 4 heteroatoms. The molecular formula is C10H24O2Si2.